The molecule has 0 spiro atoms. The number of hydrogen-bond donors (Lipinski definition) is 0. The highest BCUT2D eigenvalue weighted by Gasteiger charge is 2.33. The molecule has 0 N–H and O–H groups in total. The Balaban J connectivity index is 1.76. The van der Waals surface area contributed by atoms with E-state index in [9.17, 15) is 0 Å². The first-order valence-electron chi connectivity index (χ1n) is 9.94. The maximum absolute atomic E-state index is 2.50. The Morgan fingerprint density at radius 3 is 2.14 bits per heavy atom. The fraction of sp³-hybridized carbons (Fsp3) is 0.727. The van der Waals surface area contributed by atoms with Crippen molar-refractivity contribution in [2.24, 2.45) is 0 Å². The summed E-state index contributed by atoms with van der Waals surface area (Å²) in [5.41, 5.74) is 3.78. The number of rotatable bonds is 5. The van der Waals surface area contributed by atoms with Gasteiger partial charge in [0.2, 0.25) is 0 Å². The third-order valence-electron chi connectivity index (χ3n) is 6.42. The van der Waals surface area contributed by atoms with Crippen molar-refractivity contribution in [2.75, 3.05) is 0 Å². The lowest BCUT2D eigenvalue weighted by atomic mass is 9.66. The molecular formula is C22H34. The first kappa shape index (κ1) is 16.1. The Kier molecular flexibility index (Phi) is 5.61. The highest BCUT2D eigenvalue weighted by Crippen LogP contribution is 2.44. The summed E-state index contributed by atoms with van der Waals surface area (Å²) in [5.74, 6) is 0.848. The van der Waals surface area contributed by atoms with Gasteiger partial charge in [-0.25, -0.2) is 0 Å². The zero-order chi connectivity index (χ0) is 15.3. The SMILES string of the molecule is CCCCC1(c2ccc(C3CCCCC3)cc2)CCCCC1. The largest absolute Gasteiger partial charge is 0.0654 e. The van der Waals surface area contributed by atoms with Crippen molar-refractivity contribution in [1.29, 1.82) is 0 Å². The standard InChI is InChI=1S/C22H34/c1-2-3-16-22(17-8-5-9-18-22)21-14-12-20(13-15-21)19-10-6-4-7-11-19/h12-15,19H,2-11,16-18H2,1H3. The molecule has 0 aromatic heterocycles. The van der Waals surface area contributed by atoms with E-state index >= 15 is 0 Å². The predicted molar refractivity (Wildman–Crippen MR) is 96.6 cm³/mol. The van der Waals surface area contributed by atoms with E-state index in [1.165, 1.54) is 83.5 Å². The molecule has 0 aliphatic heterocycles. The molecule has 122 valence electrons. The molecule has 2 aliphatic rings. The van der Waals surface area contributed by atoms with Gasteiger partial charge in [-0.3, -0.25) is 0 Å². The zero-order valence-corrected chi connectivity index (χ0v) is 14.6. The van der Waals surface area contributed by atoms with Crippen LogP contribution in [0.4, 0.5) is 0 Å². The molecule has 22 heavy (non-hydrogen) atoms. The lowest BCUT2D eigenvalue weighted by Gasteiger charge is -2.38. The molecule has 2 aliphatic carbocycles. The van der Waals surface area contributed by atoms with Gasteiger partial charge in [0.25, 0.3) is 0 Å². The van der Waals surface area contributed by atoms with Crippen LogP contribution in [0.2, 0.25) is 0 Å². The highest BCUT2D eigenvalue weighted by atomic mass is 14.4. The zero-order valence-electron chi connectivity index (χ0n) is 14.6. The molecule has 2 fully saturated rings. The van der Waals surface area contributed by atoms with Crippen LogP contribution in [0, 0.1) is 0 Å². The van der Waals surface area contributed by atoms with E-state index < -0.39 is 0 Å². The van der Waals surface area contributed by atoms with Crippen molar-refractivity contribution >= 4 is 0 Å². The fourth-order valence-corrected chi connectivity index (χ4v) is 4.97. The first-order valence-corrected chi connectivity index (χ1v) is 9.94. The van der Waals surface area contributed by atoms with Gasteiger partial charge < -0.3 is 0 Å². The van der Waals surface area contributed by atoms with E-state index in [4.69, 9.17) is 0 Å². The molecule has 0 amide bonds. The maximum Gasteiger partial charge on any atom is -0.00470 e. The third-order valence-corrected chi connectivity index (χ3v) is 6.42. The summed E-state index contributed by atoms with van der Waals surface area (Å²) in [4.78, 5) is 0. The van der Waals surface area contributed by atoms with Crippen LogP contribution < -0.4 is 0 Å². The second-order valence-corrected chi connectivity index (χ2v) is 7.90. The van der Waals surface area contributed by atoms with Gasteiger partial charge in [-0.2, -0.15) is 0 Å². The topological polar surface area (TPSA) is 0 Å². The van der Waals surface area contributed by atoms with Crippen molar-refractivity contribution in [3.8, 4) is 0 Å². The van der Waals surface area contributed by atoms with E-state index in [1.807, 2.05) is 0 Å². The Bertz CT molecular complexity index is 430. The van der Waals surface area contributed by atoms with E-state index in [1.54, 1.807) is 11.1 Å². The lowest BCUT2D eigenvalue weighted by molar-refractivity contribution is 0.267. The minimum absolute atomic E-state index is 0.513. The molecule has 0 bridgehead atoms. The molecule has 0 heterocycles. The van der Waals surface area contributed by atoms with Crippen LogP contribution >= 0.6 is 0 Å². The molecule has 0 nitrogen and oxygen atoms in total. The Hall–Kier alpha value is -0.780. The first-order chi connectivity index (χ1) is 10.8. The Morgan fingerprint density at radius 2 is 1.50 bits per heavy atom. The summed E-state index contributed by atoms with van der Waals surface area (Å²) in [6.45, 7) is 2.34. The molecule has 3 rings (SSSR count). The van der Waals surface area contributed by atoms with Crippen molar-refractivity contribution in [1.82, 2.24) is 0 Å². The van der Waals surface area contributed by atoms with E-state index in [2.05, 4.69) is 31.2 Å². The van der Waals surface area contributed by atoms with Crippen molar-refractivity contribution in [3.63, 3.8) is 0 Å². The minimum atomic E-state index is 0.513. The molecule has 0 heteroatoms. The quantitative estimate of drug-likeness (QED) is 0.542. The summed E-state index contributed by atoms with van der Waals surface area (Å²) >= 11 is 0. The summed E-state index contributed by atoms with van der Waals surface area (Å²) in [6, 6.07) is 9.97. The van der Waals surface area contributed by atoms with Crippen molar-refractivity contribution < 1.29 is 0 Å². The van der Waals surface area contributed by atoms with Gasteiger partial charge in [0.15, 0.2) is 0 Å². The molecule has 0 radical (unpaired) electrons. The predicted octanol–water partition coefficient (Wildman–Crippen LogP) is 7.13. The van der Waals surface area contributed by atoms with Gasteiger partial charge in [0, 0.05) is 0 Å². The van der Waals surface area contributed by atoms with Crippen molar-refractivity contribution in [2.45, 2.75) is 102 Å². The summed E-state index contributed by atoms with van der Waals surface area (Å²) in [7, 11) is 0. The average Bonchev–Trinajstić information content (AvgIpc) is 2.62. The molecular weight excluding hydrogens is 264 g/mol. The van der Waals surface area contributed by atoms with Crippen LogP contribution in [0.25, 0.3) is 0 Å². The molecule has 0 saturated heterocycles. The van der Waals surface area contributed by atoms with E-state index in [0.29, 0.717) is 5.41 Å². The smallest absolute Gasteiger partial charge is 0.00470 e. The highest BCUT2D eigenvalue weighted by molar-refractivity contribution is 5.31. The maximum atomic E-state index is 2.50. The molecule has 1 aromatic carbocycles. The van der Waals surface area contributed by atoms with Gasteiger partial charge in [-0.05, 0) is 54.6 Å². The monoisotopic (exact) mass is 298 g/mol. The molecule has 2 saturated carbocycles. The minimum Gasteiger partial charge on any atom is -0.0654 e. The van der Waals surface area contributed by atoms with Crippen LogP contribution in [0.15, 0.2) is 24.3 Å². The summed E-state index contributed by atoms with van der Waals surface area (Å²) in [5, 5.41) is 0. The van der Waals surface area contributed by atoms with Crippen LogP contribution in [0.5, 0.6) is 0 Å². The molecule has 0 unspecified atom stereocenters. The van der Waals surface area contributed by atoms with Gasteiger partial charge in [-0.15, -0.1) is 0 Å². The summed E-state index contributed by atoms with van der Waals surface area (Å²) < 4.78 is 0. The second kappa shape index (κ2) is 7.66. The van der Waals surface area contributed by atoms with Gasteiger partial charge in [0.1, 0.15) is 0 Å². The number of benzene rings is 1. The normalized spacial score (nSPS) is 22.6. The van der Waals surface area contributed by atoms with Crippen LogP contribution in [0.1, 0.15) is 107 Å². The van der Waals surface area contributed by atoms with E-state index in [0.717, 1.165) is 5.92 Å². The Labute approximate surface area is 137 Å². The lowest BCUT2D eigenvalue weighted by Crippen LogP contribution is -2.29. The number of hydrogen-bond acceptors (Lipinski definition) is 0. The average molecular weight is 299 g/mol. The van der Waals surface area contributed by atoms with Gasteiger partial charge >= 0.3 is 0 Å². The summed E-state index contributed by atoms with van der Waals surface area (Å²) in [6.07, 6.45) is 18.5. The molecule has 1 aromatic rings. The fourth-order valence-electron chi connectivity index (χ4n) is 4.97. The molecule has 0 atom stereocenters. The van der Waals surface area contributed by atoms with Crippen molar-refractivity contribution in [3.05, 3.63) is 35.4 Å². The van der Waals surface area contributed by atoms with Gasteiger partial charge in [-0.1, -0.05) is 82.6 Å². The number of unbranched alkanes of at least 4 members (excludes halogenated alkanes) is 1. The van der Waals surface area contributed by atoms with Crippen LogP contribution in [-0.2, 0) is 5.41 Å². The van der Waals surface area contributed by atoms with Gasteiger partial charge in [0.05, 0.1) is 0 Å². The Morgan fingerprint density at radius 1 is 0.864 bits per heavy atom. The van der Waals surface area contributed by atoms with Crippen LogP contribution in [0.3, 0.4) is 0 Å². The third kappa shape index (κ3) is 3.58. The van der Waals surface area contributed by atoms with Crippen LogP contribution in [-0.4, -0.2) is 0 Å². The second-order valence-electron chi connectivity index (χ2n) is 7.90. The van der Waals surface area contributed by atoms with E-state index in [-0.39, 0.29) is 0 Å².